The Hall–Kier alpha value is -1.91. The van der Waals surface area contributed by atoms with Crippen LogP contribution in [0.15, 0.2) is 42.5 Å². The van der Waals surface area contributed by atoms with E-state index in [1.54, 1.807) is 0 Å². The summed E-state index contributed by atoms with van der Waals surface area (Å²) in [6.45, 7) is 9.12. The highest BCUT2D eigenvalue weighted by Crippen LogP contribution is 2.19. The van der Waals surface area contributed by atoms with Gasteiger partial charge in [-0.15, -0.1) is 0 Å². The van der Waals surface area contributed by atoms with Crippen LogP contribution in [0, 0.1) is 6.42 Å². The highest BCUT2D eigenvalue weighted by molar-refractivity contribution is 5.61. The van der Waals surface area contributed by atoms with E-state index in [0.29, 0.717) is 5.82 Å². The molecule has 0 aliphatic carbocycles. The molecule has 2 aromatic rings. The second-order valence-corrected chi connectivity index (χ2v) is 6.45. The van der Waals surface area contributed by atoms with Crippen LogP contribution in [-0.4, -0.2) is 54.1 Å². The Labute approximate surface area is 145 Å². The summed E-state index contributed by atoms with van der Waals surface area (Å²) in [7, 11) is 0. The average Bonchev–Trinajstić information content (AvgIpc) is 2.62. The third-order valence-corrected chi connectivity index (χ3v) is 4.64. The number of hydrogen-bond acceptors (Lipinski definition) is 4. The average molecular weight is 323 g/mol. The van der Waals surface area contributed by atoms with E-state index in [0.717, 1.165) is 30.8 Å². The molecular weight excluding hydrogens is 296 g/mol. The lowest BCUT2D eigenvalue weighted by molar-refractivity contribution is 0.141. The Morgan fingerprint density at radius 3 is 2.38 bits per heavy atom. The molecule has 0 bridgehead atoms. The van der Waals surface area contributed by atoms with Crippen LogP contribution in [0.3, 0.4) is 0 Å². The molecule has 3 rings (SSSR count). The summed E-state index contributed by atoms with van der Waals surface area (Å²) in [5, 5.41) is 0. The van der Waals surface area contributed by atoms with Gasteiger partial charge in [-0.2, -0.15) is 0 Å². The molecule has 1 aliphatic heterocycles. The van der Waals surface area contributed by atoms with Crippen LogP contribution in [0.2, 0.25) is 0 Å². The van der Waals surface area contributed by atoms with Gasteiger partial charge in [-0.05, 0) is 30.5 Å². The number of aromatic nitrogens is 1. The standard InChI is InChI=1S/C20H27N4/c1-2-11-23-13-15-24(16-14-23)12-10-17-6-8-18(9-7-17)19-4-3-5-20(21)22-19/h2-9H,10-16H2,1H3,(H2,21,22). The molecule has 2 N–H and O–H groups in total. The number of nitrogens with two attached hydrogens (primary N) is 1. The SMILES string of the molecule is C[CH]CN1CCN(CCc2ccc(-c3cccc(N)n3)cc2)CC1. The summed E-state index contributed by atoms with van der Waals surface area (Å²) in [5.74, 6) is 0.566. The topological polar surface area (TPSA) is 45.4 Å². The van der Waals surface area contributed by atoms with Crippen LogP contribution in [0.4, 0.5) is 5.82 Å². The number of benzene rings is 1. The number of pyridine rings is 1. The van der Waals surface area contributed by atoms with Gasteiger partial charge in [-0.3, -0.25) is 0 Å². The third kappa shape index (κ3) is 4.56. The molecule has 127 valence electrons. The van der Waals surface area contributed by atoms with Gasteiger partial charge in [-0.1, -0.05) is 37.3 Å². The van der Waals surface area contributed by atoms with Crippen molar-refractivity contribution < 1.29 is 0 Å². The molecule has 4 heteroatoms. The Bertz CT molecular complexity index is 630. The summed E-state index contributed by atoms with van der Waals surface area (Å²) in [6.07, 6.45) is 3.34. The summed E-state index contributed by atoms with van der Waals surface area (Å²) in [5.41, 5.74) is 9.20. The van der Waals surface area contributed by atoms with Gasteiger partial charge in [0.05, 0.1) is 5.69 Å². The monoisotopic (exact) mass is 323 g/mol. The molecule has 24 heavy (non-hydrogen) atoms. The largest absolute Gasteiger partial charge is 0.384 e. The predicted octanol–water partition coefficient (Wildman–Crippen LogP) is 2.72. The Morgan fingerprint density at radius 1 is 1.00 bits per heavy atom. The second kappa shape index (κ2) is 8.27. The van der Waals surface area contributed by atoms with Crippen LogP contribution in [-0.2, 0) is 6.42 Å². The third-order valence-electron chi connectivity index (χ3n) is 4.64. The van der Waals surface area contributed by atoms with Gasteiger partial charge in [0.2, 0.25) is 0 Å². The van der Waals surface area contributed by atoms with Crippen LogP contribution in [0.25, 0.3) is 11.3 Å². The smallest absolute Gasteiger partial charge is 0.124 e. The zero-order chi connectivity index (χ0) is 16.8. The van der Waals surface area contributed by atoms with E-state index in [1.165, 1.54) is 31.7 Å². The van der Waals surface area contributed by atoms with Crippen molar-refractivity contribution >= 4 is 5.82 Å². The maximum atomic E-state index is 5.76. The lowest BCUT2D eigenvalue weighted by atomic mass is 10.1. The van der Waals surface area contributed by atoms with Gasteiger partial charge < -0.3 is 15.5 Å². The number of hydrogen-bond donors (Lipinski definition) is 1. The van der Waals surface area contributed by atoms with Gasteiger partial charge >= 0.3 is 0 Å². The maximum Gasteiger partial charge on any atom is 0.124 e. The number of piperazine rings is 1. The van der Waals surface area contributed by atoms with Gasteiger partial charge in [-0.25, -0.2) is 4.98 Å². The fourth-order valence-corrected chi connectivity index (χ4v) is 3.20. The minimum atomic E-state index is 0.566. The molecule has 0 atom stereocenters. The van der Waals surface area contributed by atoms with Crippen LogP contribution < -0.4 is 5.73 Å². The first kappa shape index (κ1) is 16.9. The first-order valence-corrected chi connectivity index (χ1v) is 8.79. The van der Waals surface area contributed by atoms with E-state index in [4.69, 9.17) is 5.73 Å². The molecule has 2 heterocycles. The molecular formula is C20H27N4. The molecule has 0 amide bonds. The van der Waals surface area contributed by atoms with Gasteiger partial charge in [0, 0.05) is 44.8 Å². The van der Waals surface area contributed by atoms with E-state index in [1.807, 2.05) is 18.2 Å². The maximum absolute atomic E-state index is 5.76. The van der Waals surface area contributed by atoms with Gasteiger partial charge in [0.15, 0.2) is 0 Å². The minimum absolute atomic E-state index is 0.566. The number of nitrogen functional groups attached to an aromatic ring is 1. The molecule has 1 radical (unpaired) electrons. The van der Waals surface area contributed by atoms with Crippen LogP contribution in [0.1, 0.15) is 12.5 Å². The van der Waals surface area contributed by atoms with E-state index < -0.39 is 0 Å². The molecule has 0 spiro atoms. The highest BCUT2D eigenvalue weighted by Gasteiger charge is 2.15. The minimum Gasteiger partial charge on any atom is -0.384 e. The molecule has 0 saturated carbocycles. The van der Waals surface area contributed by atoms with Crippen molar-refractivity contribution in [1.29, 1.82) is 0 Å². The lowest BCUT2D eigenvalue weighted by Crippen LogP contribution is -2.47. The molecule has 1 saturated heterocycles. The summed E-state index contributed by atoms with van der Waals surface area (Å²) in [6, 6.07) is 14.5. The molecule has 1 aromatic heterocycles. The lowest BCUT2D eigenvalue weighted by Gasteiger charge is -2.34. The van der Waals surface area contributed by atoms with Crippen molar-refractivity contribution in [3.05, 3.63) is 54.4 Å². The van der Waals surface area contributed by atoms with Gasteiger partial charge in [0.1, 0.15) is 5.82 Å². The van der Waals surface area contributed by atoms with E-state index in [-0.39, 0.29) is 0 Å². The van der Waals surface area contributed by atoms with Crippen LogP contribution in [0.5, 0.6) is 0 Å². The Morgan fingerprint density at radius 2 is 1.71 bits per heavy atom. The van der Waals surface area contributed by atoms with Crippen molar-refractivity contribution in [3.8, 4) is 11.3 Å². The van der Waals surface area contributed by atoms with Crippen molar-refractivity contribution in [3.63, 3.8) is 0 Å². The number of rotatable bonds is 6. The van der Waals surface area contributed by atoms with Crippen molar-refractivity contribution in [1.82, 2.24) is 14.8 Å². The van der Waals surface area contributed by atoms with Gasteiger partial charge in [0.25, 0.3) is 0 Å². The van der Waals surface area contributed by atoms with E-state index >= 15 is 0 Å². The summed E-state index contributed by atoms with van der Waals surface area (Å²) >= 11 is 0. The summed E-state index contributed by atoms with van der Waals surface area (Å²) in [4.78, 5) is 9.46. The normalized spacial score (nSPS) is 16.4. The number of anilines is 1. The van der Waals surface area contributed by atoms with E-state index in [9.17, 15) is 0 Å². The van der Waals surface area contributed by atoms with Crippen LogP contribution >= 0.6 is 0 Å². The number of nitrogens with zero attached hydrogens (tertiary/aromatic N) is 3. The molecule has 0 unspecified atom stereocenters. The van der Waals surface area contributed by atoms with Crippen molar-refractivity contribution in [2.24, 2.45) is 0 Å². The van der Waals surface area contributed by atoms with Crippen molar-refractivity contribution in [2.75, 3.05) is 45.0 Å². The fourth-order valence-electron chi connectivity index (χ4n) is 3.20. The fraction of sp³-hybridized carbons (Fsp3) is 0.400. The van der Waals surface area contributed by atoms with Crippen molar-refractivity contribution in [2.45, 2.75) is 13.3 Å². The molecule has 4 nitrogen and oxygen atoms in total. The van der Waals surface area contributed by atoms with E-state index in [2.05, 4.69) is 52.4 Å². The second-order valence-electron chi connectivity index (χ2n) is 6.45. The summed E-state index contributed by atoms with van der Waals surface area (Å²) < 4.78 is 0. The molecule has 1 fully saturated rings. The Balaban J connectivity index is 1.50. The Kier molecular flexibility index (Phi) is 5.83. The highest BCUT2D eigenvalue weighted by atomic mass is 15.3. The molecule has 1 aliphatic rings. The first-order valence-electron chi connectivity index (χ1n) is 8.79. The zero-order valence-corrected chi connectivity index (χ0v) is 14.5. The quantitative estimate of drug-likeness (QED) is 0.888. The predicted molar refractivity (Wildman–Crippen MR) is 101 cm³/mol. The zero-order valence-electron chi connectivity index (χ0n) is 14.5. The first-order chi connectivity index (χ1) is 11.7. The molecule has 1 aromatic carbocycles.